The fourth-order valence-corrected chi connectivity index (χ4v) is 4.89. The summed E-state index contributed by atoms with van der Waals surface area (Å²) in [5.74, 6) is -3.27. The van der Waals surface area contributed by atoms with Crippen LogP contribution < -0.4 is 4.74 Å². The highest BCUT2D eigenvalue weighted by Crippen LogP contribution is 2.41. The molecule has 1 aromatic carbocycles. The van der Waals surface area contributed by atoms with Crippen molar-refractivity contribution in [2.75, 3.05) is 0 Å². The highest BCUT2D eigenvalue weighted by atomic mass is 127. The van der Waals surface area contributed by atoms with Crippen molar-refractivity contribution >= 4 is 28.6 Å². The second-order valence-corrected chi connectivity index (χ2v) is 9.02. The molecule has 6 heteroatoms. The first-order valence-electron chi connectivity index (χ1n) is 8.98. The maximum Gasteiger partial charge on any atom is 0.314 e. The number of phenols is 1. The Labute approximate surface area is 160 Å². The molecule has 0 heterocycles. The summed E-state index contributed by atoms with van der Waals surface area (Å²) in [5.41, 5.74) is 0. The van der Waals surface area contributed by atoms with Gasteiger partial charge in [-0.15, -0.1) is 0 Å². The zero-order valence-electron chi connectivity index (χ0n) is 14.0. The van der Waals surface area contributed by atoms with Gasteiger partial charge < -0.3 is 9.84 Å². The first-order valence-corrected chi connectivity index (χ1v) is 10.2. The number of halogens is 3. The van der Waals surface area contributed by atoms with Gasteiger partial charge in [0.1, 0.15) is 0 Å². The molecule has 0 aromatic heterocycles. The SMILES string of the molecule is O=C(Oc1ccc(O)c(F)c1F)C1CCC(C2CCC(I)CC2)CC1. The van der Waals surface area contributed by atoms with Gasteiger partial charge in [-0.3, -0.25) is 4.79 Å². The molecule has 2 fully saturated rings. The summed E-state index contributed by atoms with van der Waals surface area (Å²) >= 11 is 2.53. The van der Waals surface area contributed by atoms with Gasteiger partial charge in [-0.2, -0.15) is 8.78 Å². The van der Waals surface area contributed by atoms with Gasteiger partial charge in [0.25, 0.3) is 0 Å². The molecular formula is C19H23F2IO3. The summed E-state index contributed by atoms with van der Waals surface area (Å²) in [5, 5.41) is 9.12. The number of ether oxygens (including phenoxy) is 1. The van der Waals surface area contributed by atoms with Gasteiger partial charge in [0.2, 0.25) is 11.6 Å². The maximum atomic E-state index is 13.7. The van der Waals surface area contributed by atoms with E-state index in [2.05, 4.69) is 22.6 Å². The molecule has 25 heavy (non-hydrogen) atoms. The van der Waals surface area contributed by atoms with Crippen molar-refractivity contribution in [1.29, 1.82) is 0 Å². The molecule has 138 valence electrons. The third-order valence-electron chi connectivity index (χ3n) is 5.71. The molecule has 3 nitrogen and oxygen atoms in total. The topological polar surface area (TPSA) is 46.5 Å². The fourth-order valence-electron chi connectivity index (χ4n) is 4.17. The van der Waals surface area contributed by atoms with Crippen molar-refractivity contribution in [2.24, 2.45) is 17.8 Å². The molecule has 0 amide bonds. The normalized spacial score (nSPS) is 30.0. The van der Waals surface area contributed by atoms with Crippen LogP contribution in [0, 0.1) is 29.4 Å². The predicted octanol–water partition coefficient (Wildman–Crippen LogP) is 5.38. The Kier molecular flexibility index (Phi) is 6.17. The number of alkyl halides is 1. The van der Waals surface area contributed by atoms with E-state index >= 15 is 0 Å². The number of esters is 1. The second kappa shape index (κ2) is 8.18. The van der Waals surface area contributed by atoms with Crippen molar-refractivity contribution < 1.29 is 23.4 Å². The van der Waals surface area contributed by atoms with Gasteiger partial charge in [0.15, 0.2) is 11.5 Å². The van der Waals surface area contributed by atoms with Crippen molar-refractivity contribution in [3.63, 3.8) is 0 Å². The van der Waals surface area contributed by atoms with E-state index in [9.17, 15) is 13.6 Å². The van der Waals surface area contributed by atoms with Crippen LogP contribution in [0.4, 0.5) is 8.78 Å². The Morgan fingerprint density at radius 1 is 0.960 bits per heavy atom. The summed E-state index contributed by atoms with van der Waals surface area (Å²) in [7, 11) is 0. The quantitative estimate of drug-likeness (QED) is 0.283. The first kappa shape index (κ1) is 18.9. The van der Waals surface area contributed by atoms with E-state index in [1.807, 2.05) is 0 Å². The van der Waals surface area contributed by atoms with Crippen molar-refractivity contribution in [3.8, 4) is 11.5 Å². The molecule has 2 aliphatic carbocycles. The summed E-state index contributed by atoms with van der Waals surface area (Å²) in [6, 6.07) is 2.07. The fraction of sp³-hybridized carbons (Fsp3) is 0.632. The van der Waals surface area contributed by atoms with E-state index in [-0.39, 0.29) is 5.92 Å². The van der Waals surface area contributed by atoms with Crippen LogP contribution in [0.15, 0.2) is 12.1 Å². The summed E-state index contributed by atoms with van der Waals surface area (Å²) < 4.78 is 32.9. The number of hydrogen-bond acceptors (Lipinski definition) is 3. The molecule has 0 unspecified atom stereocenters. The van der Waals surface area contributed by atoms with Crippen LogP contribution in [0.1, 0.15) is 51.4 Å². The highest BCUT2D eigenvalue weighted by molar-refractivity contribution is 14.1. The molecule has 0 spiro atoms. The van der Waals surface area contributed by atoms with Crippen molar-refractivity contribution in [1.82, 2.24) is 0 Å². The smallest absolute Gasteiger partial charge is 0.314 e. The van der Waals surface area contributed by atoms with E-state index in [4.69, 9.17) is 9.84 Å². The third-order valence-corrected chi connectivity index (χ3v) is 6.96. The largest absolute Gasteiger partial charge is 0.505 e. The van der Waals surface area contributed by atoms with E-state index in [1.165, 1.54) is 25.7 Å². The van der Waals surface area contributed by atoms with Crippen LogP contribution in [0.2, 0.25) is 0 Å². The molecule has 1 aromatic rings. The number of benzene rings is 1. The molecule has 0 atom stereocenters. The number of carbonyl (C=O) groups is 1. The predicted molar refractivity (Wildman–Crippen MR) is 98.9 cm³/mol. The Morgan fingerprint density at radius 2 is 1.52 bits per heavy atom. The number of hydrogen-bond donors (Lipinski definition) is 1. The van der Waals surface area contributed by atoms with Gasteiger partial charge in [-0.1, -0.05) is 22.6 Å². The van der Waals surface area contributed by atoms with Crippen LogP contribution in [-0.2, 0) is 4.79 Å². The number of phenolic OH excluding ortho intramolecular Hbond substituents is 1. The minimum atomic E-state index is -1.39. The standard InChI is InChI=1S/C19H23F2IO3/c20-17-15(23)9-10-16(18(17)21)25-19(24)13-3-1-11(2-4-13)12-5-7-14(22)8-6-12/h9-14,23H,1-8H2. The Balaban J connectivity index is 1.53. The van der Waals surface area contributed by atoms with E-state index in [0.717, 1.165) is 47.7 Å². The molecule has 0 saturated heterocycles. The highest BCUT2D eigenvalue weighted by Gasteiger charge is 2.33. The minimum Gasteiger partial charge on any atom is -0.505 e. The second-order valence-electron chi connectivity index (χ2n) is 7.26. The molecule has 2 saturated carbocycles. The van der Waals surface area contributed by atoms with Gasteiger partial charge in [0.05, 0.1) is 5.92 Å². The lowest BCUT2D eigenvalue weighted by molar-refractivity contribution is -0.140. The van der Waals surface area contributed by atoms with Gasteiger partial charge in [-0.25, -0.2) is 0 Å². The average molecular weight is 464 g/mol. The molecule has 3 rings (SSSR count). The molecule has 2 aliphatic rings. The summed E-state index contributed by atoms with van der Waals surface area (Å²) in [6.07, 6.45) is 8.64. The third kappa shape index (κ3) is 4.44. The number of rotatable bonds is 3. The molecule has 0 aliphatic heterocycles. The van der Waals surface area contributed by atoms with E-state index in [0.29, 0.717) is 5.92 Å². The first-order chi connectivity index (χ1) is 12.0. The zero-order valence-corrected chi connectivity index (χ0v) is 16.2. The lowest BCUT2D eigenvalue weighted by Crippen LogP contribution is -2.30. The van der Waals surface area contributed by atoms with Crippen LogP contribution in [0.25, 0.3) is 0 Å². The average Bonchev–Trinajstić information content (AvgIpc) is 2.63. The van der Waals surface area contributed by atoms with Crippen molar-refractivity contribution in [2.45, 2.75) is 55.3 Å². The Bertz CT molecular complexity index is 621. The maximum absolute atomic E-state index is 13.7. The lowest BCUT2D eigenvalue weighted by atomic mass is 9.71. The number of aromatic hydroxyl groups is 1. The number of carbonyl (C=O) groups excluding carboxylic acids is 1. The molecular weight excluding hydrogens is 441 g/mol. The molecule has 1 N–H and O–H groups in total. The van der Waals surface area contributed by atoms with Crippen LogP contribution in [0.5, 0.6) is 11.5 Å². The monoisotopic (exact) mass is 464 g/mol. The van der Waals surface area contributed by atoms with E-state index < -0.39 is 29.1 Å². The lowest BCUT2D eigenvalue weighted by Gasteiger charge is -2.36. The summed E-state index contributed by atoms with van der Waals surface area (Å²) in [6.45, 7) is 0. The molecule has 0 bridgehead atoms. The van der Waals surface area contributed by atoms with E-state index in [1.54, 1.807) is 0 Å². The van der Waals surface area contributed by atoms with Crippen LogP contribution in [0.3, 0.4) is 0 Å². The zero-order chi connectivity index (χ0) is 18.0. The minimum absolute atomic E-state index is 0.256. The van der Waals surface area contributed by atoms with Crippen LogP contribution >= 0.6 is 22.6 Å². The molecule has 0 radical (unpaired) electrons. The Hall–Kier alpha value is -0.920. The van der Waals surface area contributed by atoms with Crippen LogP contribution in [-0.4, -0.2) is 15.0 Å². The van der Waals surface area contributed by atoms with Gasteiger partial charge >= 0.3 is 5.97 Å². The van der Waals surface area contributed by atoms with Gasteiger partial charge in [-0.05, 0) is 75.3 Å². The van der Waals surface area contributed by atoms with Crippen molar-refractivity contribution in [3.05, 3.63) is 23.8 Å². The summed E-state index contributed by atoms with van der Waals surface area (Å²) in [4.78, 5) is 12.3. The Morgan fingerprint density at radius 3 is 2.12 bits per heavy atom. The van der Waals surface area contributed by atoms with Gasteiger partial charge in [0, 0.05) is 3.92 Å².